The van der Waals surface area contributed by atoms with E-state index in [-0.39, 0.29) is 5.91 Å². The molecule has 2 aromatic rings. The van der Waals surface area contributed by atoms with Gasteiger partial charge in [-0.1, -0.05) is 54.2 Å². The average Bonchev–Trinajstić information content (AvgIpc) is 2.99. The summed E-state index contributed by atoms with van der Waals surface area (Å²) in [6, 6.07) is 4.93. The number of hydrogen-bond donors (Lipinski definition) is 2. The van der Waals surface area contributed by atoms with Gasteiger partial charge >= 0.3 is 0 Å². The van der Waals surface area contributed by atoms with Crippen molar-refractivity contribution in [3.63, 3.8) is 0 Å². The van der Waals surface area contributed by atoms with E-state index >= 15 is 0 Å². The van der Waals surface area contributed by atoms with Gasteiger partial charge in [-0.3, -0.25) is 4.79 Å². The van der Waals surface area contributed by atoms with Crippen molar-refractivity contribution in [2.75, 3.05) is 11.2 Å². The highest BCUT2D eigenvalue weighted by molar-refractivity contribution is 8.00. The van der Waals surface area contributed by atoms with Crippen molar-refractivity contribution in [2.45, 2.75) is 55.4 Å². The Morgan fingerprint density at radius 3 is 2.77 bits per heavy atom. The van der Waals surface area contributed by atoms with Crippen LogP contribution in [-0.2, 0) is 4.79 Å². The molecule has 3 rings (SSSR count). The summed E-state index contributed by atoms with van der Waals surface area (Å²) in [4.78, 5) is 12.5. The predicted octanol–water partition coefficient (Wildman–Crippen LogP) is 4.47. The van der Waals surface area contributed by atoms with Crippen LogP contribution >= 0.6 is 35.0 Å². The fourth-order valence-corrected chi connectivity index (χ4v) is 4.16. The average molecular weight is 414 g/mol. The molecule has 0 saturated heterocycles. The number of carbonyl (C=O) groups is 1. The number of nitrogen functional groups attached to an aromatic ring is 1. The molecule has 9 heteroatoms. The Labute approximate surface area is 166 Å². The molecular formula is C17H21Cl2N5OS. The zero-order valence-corrected chi connectivity index (χ0v) is 16.7. The summed E-state index contributed by atoms with van der Waals surface area (Å²) in [7, 11) is 0. The quantitative estimate of drug-likeness (QED) is 0.557. The molecule has 3 N–H and O–H groups in total. The summed E-state index contributed by atoms with van der Waals surface area (Å²) in [6.07, 6.45) is 5.82. The molecule has 0 radical (unpaired) electrons. The third kappa shape index (κ3) is 4.45. The number of aromatic nitrogens is 3. The summed E-state index contributed by atoms with van der Waals surface area (Å²) >= 11 is 13.3. The van der Waals surface area contributed by atoms with Crippen molar-refractivity contribution >= 4 is 46.6 Å². The molecule has 26 heavy (non-hydrogen) atoms. The molecule has 0 bridgehead atoms. The molecule has 1 aliphatic rings. The molecule has 0 spiro atoms. The molecule has 1 unspecified atom stereocenters. The van der Waals surface area contributed by atoms with Crippen molar-refractivity contribution in [2.24, 2.45) is 0 Å². The lowest BCUT2D eigenvalue weighted by atomic mass is 9.89. The number of hydrogen-bond acceptors (Lipinski definition) is 5. The van der Waals surface area contributed by atoms with Crippen molar-refractivity contribution < 1.29 is 4.79 Å². The fourth-order valence-electron chi connectivity index (χ4n) is 3.05. The SMILES string of the molecule is CC(Sc1nnc(C2CCCCC2)n1N)C(=O)Nc1cc(Cl)ccc1Cl. The van der Waals surface area contributed by atoms with E-state index in [0.29, 0.717) is 26.8 Å². The van der Waals surface area contributed by atoms with Crippen LogP contribution < -0.4 is 11.2 Å². The molecule has 1 aliphatic carbocycles. The zero-order chi connectivity index (χ0) is 18.7. The number of carbonyl (C=O) groups excluding carboxylic acids is 1. The van der Waals surface area contributed by atoms with Crippen LogP contribution in [0.1, 0.15) is 50.8 Å². The molecular weight excluding hydrogens is 393 g/mol. The Morgan fingerprint density at radius 2 is 2.04 bits per heavy atom. The fraction of sp³-hybridized carbons (Fsp3) is 0.471. The monoisotopic (exact) mass is 413 g/mol. The van der Waals surface area contributed by atoms with Crippen LogP contribution in [-0.4, -0.2) is 26.0 Å². The van der Waals surface area contributed by atoms with Crippen LogP contribution in [0.15, 0.2) is 23.4 Å². The lowest BCUT2D eigenvalue weighted by Gasteiger charge is -2.20. The molecule has 6 nitrogen and oxygen atoms in total. The van der Waals surface area contributed by atoms with Gasteiger partial charge in [-0.05, 0) is 38.0 Å². The normalized spacial score (nSPS) is 16.4. The van der Waals surface area contributed by atoms with E-state index in [1.807, 2.05) is 0 Å². The number of nitrogens with zero attached hydrogens (tertiary/aromatic N) is 3. The molecule has 1 amide bonds. The molecule has 1 saturated carbocycles. The Bertz CT molecular complexity index is 791. The second-order valence-electron chi connectivity index (χ2n) is 6.42. The first-order chi connectivity index (χ1) is 12.5. The van der Waals surface area contributed by atoms with E-state index in [1.54, 1.807) is 25.1 Å². The molecule has 1 atom stereocenters. The number of thioether (sulfide) groups is 1. The highest BCUT2D eigenvalue weighted by Gasteiger charge is 2.25. The standard InChI is InChI=1S/C17H21Cl2N5OS/c1-10(16(25)21-14-9-12(18)7-8-13(14)19)26-17-23-22-15(24(17)20)11-5-3-2-4-6-11/h7-11H,2-6,20H2,1H3,(H,21,25). The summed E-state index contributed by atoms with van der Waals surface area (Å²) in [5.74, 6) is 7.13. The van der Waals surface area contributed by atoms with Gasteiger partial charge in [0.15, 0.2) is 5.82 Å². The lowest BCUT2D eigenvalue weighted by Crippen LogP contribution is -2.24. The number of nitrogens with one attached hydrogen (secondary N) is 1. The summed E-state index contributed by atoms with van der Waals surface area (Å²) in [6.45, 7) is 1.79. The second-order valence-corrected chi connectivity index (χ2v) is 8.57. The molecule has 140 valence electrons. The first-order valence-electron chi connectivity index (χ1n) is 8.58. The minimum absolute atomic E-state index is 0.207. The highest BCUT2D eigenvalue weighted by atomic mass is 35.5. The number of amides is 1. The van der Waals surface area contributed by atoms with Crippen molar-refractivity contribution in [1.82, 2.24) is 14.9 Å². The molecule has 1 fully saturated rings. The van der Waals surface area contributed by atoms with Crippen molar-refractivity contribution in [1.29, 1.82) is 0 Å². The largest absolute Gasteiger partial charge is 0.336 e. The highest BCUT2D eigenvalue weighted by Crippen LogP contribution is 2.33. The molecule has 1 aromatic carbocycles. The first kappa shape index (κ1) is 19.3. The number of anilines is 1. The molecule has 1 aromatic heterocycles. The van der Waals surface area contributed by atoms with E-state index in [0.717, 1.165) is 18.7 Å². The van der Waals surface area contributed by atoms with E-state index in [4.69, 9.17) is 29.0 Å². The van der Waals surface area contributed by atoms with Gasteiger partial charge in [0.2, 0.25) is 11.1 Å². The van der Waals surface area contributed by atoms with Gasteiger partial charge in [0.05, 0.1) is 16.0 Å². The maximum Gasteiger partial charge on any atom is 0.237 e. The van der Waals surface area contributed by atoms with E-state index in [2.05, 4.69) is 15.5 Å². The van der Waals surface area contributed by atoms with Crippen LogP contribution in [0.5, 0.6) is 0 Å². The third-order valence-corrected chi connectivity index (χ3v) is 6.12. The number of rotatable bonds is 5. The molecule has 0 aliphatic heterocycles. The minimum Gasteiger partial charge on any atom is -0.336 e. The number of benzene rings is 1. The van der Waals surface area contributed by atoms with E-state index in [9.17, 15) is 4.79 Å². The van der Waals surface area contributed by atoms with Crippen LogP contribution in [0.25, 0.3) is 0 Å². The summed E-state index contributed by atoms with van der Waals surface area (Å²) in [5, 5.41) is 12.3. The van der Waals surface area contributed by atoms with Gasteiger partial charge in [-0.15, -0.1) is 10.2 Å². The van der Waals surface area contributed by atoms with Crippen LogP contribution in [0, 0.1) is 0 Å². The lowest BCUT2D eigenvalue weighted by molar-refractivity contribution is -0.115. The van der Waals surface area contributed by atoms with Crippen LogP contribution in [0.3, 0.4) is 0 Å². The van der Waals surface area contributed by atoms with Crippen LogP contribution in [0.2, 0.25) is 10.0 Å². The Kier molecular flexibility index (Phi) is 6.32. The summed E-state index contributed by atoms with van der Waals surface area (Å²) < 4.78 is 1.52. The number of halogens is 2. The van der Waals surface area contributed by atoms with E-state index < -0.39 is 5.25 Å². The van der Waals surface area contributed by atoms with Gasteiger partial charge in [0.25, 0.3) is 0 Å². The number of nitrogens with two attached hydrogens (primary N) is 1. The summed E-state index contributed by atoms with van der Waals surface area (Å²) in [5.41, 5.74) is 0.480. The Hall–Kier alpha value is -1.44. The van der Waals surface area contributed by atoms with Gasteiger partial charge in [-0.2, -0.15) is 0 Å². The maximum absolute atomic E-state index is 12.5. The van der Waals surface area contributed by atoms with Crippen molar-refractivity contribution in [3.05, 3.63) is 34.1 Å². The Balaban J connectivity index is 1.65. The van der Waals surface area contributed by atoms with Gasteiger partial charge in [0, 0.05) is 10.9 Å². The molecule has 1 heterocycles. The van der Waals surface area contributed by atoms with Crippen LogP contribution in [0.4, 0.5) is 5.69 Å². The van der Waals surface area contributed by atoms with E-state index in [1.165, 1.54) is 35.7 Å². The van der Waals surface area contributed by atoms with Crippen molar-refractivity contribution in [3.8, 4) is 0 Å². The third-order valence-electron chi connectivity index (χ3n) is 4.50. The van der Waals surface area contributed by atoms with Gasteiger partial charge in [-0.25, -0.2) is 4.68 Å². The van der Waals surface area contributed by atoms with Gasteiger partial charge < -0.3 is 11.2 Å². The topological polar surface area (TPSA) is 85.8 Å². The second kappa shape index (κ2) is 8.50. The first-order valence-corrected chi connectivity index (χ1v) is 10.2. The zero-order valence-electron chi connectivity index (χ0n) is 14.4. The maximum atomic E-state index is 12.5. The predicted molar refractivity (Wildman–Crippen MR) is 106 cm³/mol. The smallest absolute Gasteiger partial charge is 0.237 e. The van der Waals surface area contributed by atoms with Gasteiger partial charge in [0.1, 0.15) is 0 Å². The minimum atomic E-state index is -0.421. The Morgan fingerprint density at radius 1 is 1.31 bits per heavy atom.